The molecule has 2 N–H and O–H groups in total. The van der Waals surface area contributed by atoms with Crippen LogP contribution in [-0.4, -0.2) is 79.9 Å². The minimum absolute atomic E-state index is 0.140. The molecule has 3 unspecified atom stereocenters. The van der Waals surface area contributed by atoms with Gasteiger partial charge in [0.1, 0.15) is 11.8 Å². The van der Waals surface area contributed by atoms with Crippen molar-refractivity contribution in [2.75, 3.05) is 24.7 Å². The van der Waals surface area contributed by atoms with Gasteiger partial charge < -0.3 is 10.4 Å². The average molecular weight is 507 g/mol. The smallest absolute Gasteiger partial charge is 0.164 e. The van der Waals surface area contributed by atoms with Gasteiger partial charge in [0.15, 0.2) is 11.5 Å². The molecular formula is C23H26N10O2S. The van der Waals surface area contributed by atoms with Gasteiger partial charge in [-0.2, -0.15) is 15.0 Å². The van der Waals surface area contributed by atoms with E-state index in [0.29, 0.717) is 42.2 Å². The molecule has 0 aromatic carbocycles. The Hall–Kier alpha value is -3.73. The monoisotopic (exact) mass is 506 g/mol. The van der Waals surface area contributed by atoms with Crippen molar-refractivity contribution >= 4 is 27.7 Å². The Kier molecular flexibility index (Phi) is 6.48. The second kappa shape index (κ2) is 9.73. The first kappa shape index (κ1) is 24.0. The van der Waals surface area contributed by atoms with Crippen LogP contribution in [0.25, 0.3) is 28.1 Å². The lowest BCUT2D eigenvalue weighted by molar-refractivity contribution is 0.0530. The molecule has 13 heteroatoms. The first-order chi connectivity index (χ1) is 17.3. The van der Waals surface area contributed by atoms with Crippen LogP contribution < -0.4 is 5.32 Å². The van der Waals surface area contributed by atoms with E-state index < -0.39 is 17.1 Å². The van der Waals surface area contributed by atoms with Crippen molar-refractivity contribution < 1.29 is 9.32 Å². The Balaban J connectivity index is 1.47. The number of aromatic nitrogens is 7. The number of anilines is 1. The highest BCUT2D eigenvalue weighted by atomic mass is 32.2. The van der Waals surface area contributed by atoms with E-state index in [9.17, 15) is 9.32 Å². The van der Waals surface area contributed by atoms with Gasteiger partial charge in [-0.25, -0.2) is 23.2 Å². The zero-order chi connectivity index (χ0) is 25.4. The Morgan fingerprint density at radius 1 is 1.25 bits per heavy atom. The molecule has 3 atom stereocenters. The van der Waals surface area contributed by atoms with E-state index in [1.165, 1.54) is 6.20 Å². The second-order valence-electron chi connectivity index (χ2n) is 9.01. The lowest BCUT2D eigenvalue weighted by Crippen LogP contribution is -2.45. The predicted octanol–water partition coefficient (Wildman–Crippen LogP) is 1.67. The molecule has 1 aliphatic rings. The molecule has 0 saturated carbocycles. The number of β-amino-alcohol motifs (C(OH)–C–C–N with tert-alkyl or cyclic N) is 1. The van der Waals surface area contributed by atoms with E-state index in [1.807, 2.05) is 26.1 Å². The molecule has 36 heavy (non-hydrogen) atoms. The summed E-state index contributed by atoms with van der Waals surface area (Å²) >= 11 is 0. The van der Waals surface area contributed by atoms with Crippen molar-refractivity contribution in [2.24, 2.45) is 0 Å². The molecule has 0 spiro atoms. The van der Waals surface area contributed by atoms with Crippen LogP contribution in [0.5, 0.6) is 0 Å². The summed E-state index contributed by atoms with van der Waals surface area (Å²) in [6, 6.07) is 5.60. The molecule has 0 bridgehead atoms. The summed E-state index contributed by atoms with van der Waals surface area (Å²) in [5, 5.41) is 37.0. The minimum Gasteiger partial charge on any atom is -0.390 e. The summed E-state index contributed by atoms with van der Waals surface area (Å²) in [6.07, 6.45) is 8.22. The van der Waals surface area contributed by atoms with Gasteiger partial charge in [-0.05, 0) is 26.3 Å². The summed E-state index contributed by atoms with van der Waals surface area (Å²) in [4.78, 5) is 9.00. The maximum absolute atomic E-state index is 11.8. The van der Waals surface area contributed by atoms with Crippen molar-refractivity contribution in [3.05, 3.63) is 42.5 Å². The van der Waals surface area contributed by atoms with Gasteiger partial charge in [0.25, 0.3) is 0 Å². The number of rotatable bonds is 6. The van der Waals surface area contributed by atoms with Gasteiger partial charge in [0.05, 0.1) is 41.1 Å². The molecular weight excluding hydrogens is 480 g/mol. The van der Waals surface area contributed by atoms with Gasteiger partial charge in [0.2, 0.25) is 0 Å². The maximum Gasteiger partial charge on any atom is 0.164 e. The number of piperidine rings is 1. The quantitative estimate of drug-likeness (QED) is 0.398. The van der Waals surface area contributed by atoms with Crippen molar-refractivity contribution in [1.29, 1.82) is 5.26 Å². The molecule has 4 aromatic rings. The van der Waals surface area contributed by atoms with Crippen molar-refractivity contribution in [3.63, 3.8) is 0 Å². The van der Waals surface area contributed by atoms with E-state index in [-0.39, 0.29) is 12.1 Å². The van der Waals surface area contributed by atoms with Crippen LogP contribution in [0.3, 0.4) is 0 Å². The third-order valence-corrected chi connectivity index (χ3v) is 7.15. The Bertz CT molecular complexity index is 1470. The average Bonchev–Trinajstić information content (AvgIpc) is 3.50. The number of pyridine rings is 2. The van der Waals surface area contributed by atoms with Gasteiger partial charge in [-0.3, -0.25) is 0 Å². The van der Waals surface area contributed by atoms with E-state index in [0.717, 1.165) is 16.6 Å². The van der Waals surface area contributed by atoms with Crippen LogP contribution >= 0.6 is 0 Å². The van der Waals surface area contributed by atoms with Gasteiger partial charge in [-0.1, -0.05) is 5.21 Å². The molecule has 1 saturated heterocycles. The first-order valence-corrected chi connectivity index (χ1v) is 13.0. The maximum atomic E-state index is 11.8. The SMILES string of the molecule is CC(C)Nc1cc(-n2ncc3cc(C#N)cnc32)ncc1-c1cn(C2CCN(S(C)=O)CC2O)nn1. The van der Waals surface area contributed by atoms with E-state index in [4.69, 9.17) is 5.26 Å². The second-order valence-corrected chi connectivity index (χ2v) is 10.4. The number of fused-ring (bicyclic) bond motifs is 1. The molecule has 0 amide bonds. The molecule has 1 aliphatic heterocycles. The fourth-order valence-corrected chi connectivity index (χ4v) is 5.06. The number of hydrogen-bond acceptors (Lipinski definition) is 9. The standard InChI is InChI=1S/C23H26N10O2S/c1-14(2)28-18-7-22(33-23-16(10-27-33)6-15(8-24)9-26-23)25-11-17(18)19-12-32(30-29-19)20-4-5-31(36(3)35)13-21(20)34/h6-7,9-12,14,20-21,34H,4-5,13H2,1-3H3,(H,25,28). The van der Waals surface area contributed by atoms with Crippen LogP contribution in [0.1, 0.15) is 31.9 Å². The fourth-order valence-electron chi connectivity index (χ4n) is 4.34. The molecule has 0 radical (unpaired) electrons. The van der Waals surface area contributed by atoms with Gasteiger partial charge in [0, 0.05) is 60.5 Å². The predicted molar refractivity (Wildman–Crippen MR) is 134 cm³/mol. The Morgan fingerprint density at radius 2 is 2.08 bits per heavy atom. The summed E-state index contributed by atoms with van der Waals surface area (Å²) in [5.41, 5.74) is 3.25. The summed E-state index contributed by atoms with van der Waals surface area (Å²) in [5.74, 6) is 0.567. The number of nitrogens with zero attached hydrogens (tertiary/aromatic N) is 9. The van der Waals surface area contributed by atoms with Crippen LogP contribution in [0.2, 0.25) is 0 Å². The topological polar surface area (TPSA) is 151 Å². The number of aliphatic hydroxyl groups excluding tert-OH is 1. The van der Waals surface area contributed by atoms with Gasteiger partial charge in [-0.15, -0.1) is 5.10 Å². The van der Waals surface area contributed by atoms with Crippen molar-refractivity contribution in [2.45, 2.75) is 38.5 Å². The summed E-state index contributed by atoms with van der Waals surface area (Å²) in [7, 11) is -1.12. The zero-order valence-corrected chi connectivity index (χ0v) is 20.9. The Morgan fingerprint density at radius 3 is 2.81 bits per heavy atom. The highest BCUT2D eigenvalue weighted by Crippen LogP contribution is 2.30. The van der Waals surface area contributed by atoms with E-state index in [1.54, 1.807) is 38.4 Å². The van der Waals surface area contributed by atoms with E-state index >= 15 is 0 Å². The molecule has 12 nitrogen and oxygen atoms in total. The Labute approximate surface area is 210 Å². The third kappa shape index (κ3) is 4.58. The minimum atomic E-state index is -1.12. The van der Waals surface area contributed by atoms with Crippen LogP contribution in [0, 0.1) is 11.3 Å². The normalized spacial score (nSPS) is 19.4. The fraction of sp³-hybridized carbons (Fsp3) is 0.391. The molecule has 1 fully saturated rings. The van der Waals surface area contributed by atoms with Crippen molar-refractivity contribution in [3.8, 4) is 23.1 Å². The van der Waals surface area contributed by atoms with Gasteiger partial charge >= 0.3 is 0 Å². The number of hydrogen-bond donors (Lipinski definition) is 2. The first-order valence-electron chi connectivity index (χ1n) is 11.5. The van der Waals surface area contributed by atoms with Crippen LogP contribution in [0.4, 0.5) is 5.69 Å². The zero-order valence-electron chi connectivity index (χ0n) is 20.1. The summed E-state index contributed by atoms with van der Waals surface area (Å²) in [6.45, 7) is 5.01. The molecule has 186 valence electrons. The van der Waals surface area contributed by atoms with Crippen LogP contribution in [0.15, 0.2) is 36.9 Å². The number of nitriles is 1. The highest BCUT2D eigenvalue weighted by Gasteiger charge is 2.31. The molecule has 5 heterocycles. The number of aliphatic hydroxyl groups is 1. The largest absolute Gasteiger partial charge is 0.390 e. The van der Waals surface area contributed by atoms with Crippen molar-refractivity contribution in [1.82, 2.24) is 39.0 Å². The highest BCUT2D eigenvalue weighted by molar-refractivity contribution is 7.81. The third-order valence-electron chi connectivity index (χ3n) is 6.09. The molecule has 5 rings (SSSR count). The van der Waals surface area contributed by atoms with E-state index in [2.05, 4.69) is 36.8 Å². The summed E-state index contributed by atoms with van der Waals surface area (Å²) < 4.78 is 16.8. The van der Waals surface area contributed by atoms with Crippen LogP contribution in [-0.2, 0) is 11.0 Å². The molecule has 0 aliphatic carbocycles. The lowest BCUT2D eigenvalue weighted by Gasteiger charge is -2.33. The lowest BCUT2D eigenvalue weighted by atomic mass is 10.0. The molecule has 4 aromatic heterocycles. The number of nitrogens with one attached hydrogen (secondary N) is 1.